The van der Waals surface area contributed by atoms with Crippen LogP contribution >= 0.6 is 0 Å². The van der Waals surface area contributed by atoms with Gasteiger partial charge in [0.1, 0.15) is 0 Å². The van der Waals surface area contributed by atoms with Crippen LogP contribution < -0.4 is 11.1 Å². The fourth-order valence-electron chi connectivity index (χ4n) is 2.20. The van der Waals surface area contributed by atoms with Crippen LogP contribution in [0.25, 0.3) is 0 Å². The van der Waals surface area contributed by atoms with Crippen molar-refractivity contribution in [2.24, 2.45) is 11.7 Å². The van der Waals surface area contributed by atoms with Crippen LogP contribution in [0.2, 0.25) is 0 Å². The molecule has 0 heterocycles. The number of benzene rings is 1. The first-order valence-electron chi connectivity index (χ1n) is 6.62. The van der Waals surface area contributed by atoms with Gasteiger partial charge in [0.2, 0.25) is 5.91 Å². The molecule has 1 aromatic carbocycles. The second-order valence-corrected chi connectivity index (χ2v) is 5.64. The Morgan fingerprint density at radius 2 is 2.00 bits per heavy atom. The summed E-state index contributed by atoms with van der Waals surface area (Å²) >= 11 is 0. The third-order valence-corrected chi connectivity index (χ3v) is 3.82. The standard InChI is InChI=1S/C15H22N2O/c1-15(2,12-6-4-3-5-7-12)14(18)17-13(10-16)11-8-9-11/h3-7,11,13H,8-10,16H2,1-2H3,(H,17,18). The lowest BCUT2D eigenvalue weighted by molar-refractivity contribution is -0.126. The molecular formula is C15H22N2O. The molecule has 0 spiro atoms. The van der Waals surface area contributed by atoms with Crippen molar-refractivity contribution in [2.45, 2.75) is 38.1 Å². The van der Waals surface area contributed by atoms with Crippen LogP contribution in [0, 0.1) is 5.92 Å². The fraction of sp³-hybridized carbons (Fsp3) is 0.533. The Kier molecular flexibility index (Phi) is 3.71. The number of rotatable bonds is 5. The summed E-state index contributed by atoms with van der Waals surface area (Å²) in [7, 11) is 0. The highest BCUT2D eigenvalue weighted by atomic mass is 16.2. The largest absolute Gasteiger partial charge is 0.351 e. The van der Waals surface area contributed by atoms with Gasteiger partial charge in [-0.3, -0.25) is 4.79 Å². The molecule has 3 heteroatoms. The molecule has 18 heavy (non-hydrogen) atoms. The van der Waals surface area contributed by atoms with Gasteiger partial charge >= 0.3 is 0 Å². The molecule has 1 aliphatic rings. The number of nitrogens with one attached hydrogen (secondary N) is 1. The zero-order valence-corrected chi connectivity index (χ0v) is 11.1. The van der Waals surface area contributed by atoms with Gasteiger partial charge in [-0.1, -0.05) is 30.3 Å². The Bertz CT molecular complexity index is 410. The number of carbonyl (C=O) groups is 1. The van der Waals surface area contributed by atoms with Gasteiger partial charge in [-0.05, 0) is 38.2 Å². The topological polar surface area (TPSA) is 55.1 Å². The highest BCUT2D eigenvalue weighted by Crippen LogP contribution is 2.33. The maximum atomic E-state index is 12.4. The van der Waals surface area contributed by atoms with Gasteiger partial charge in [0.25, 0.3) is 0 Å². The van der Waals surface area contributed by atoms with Crippen LogP contribution in [0.1, 0.15) is 32.3 Å². The van der Waals surface area contributed by atoms with E-state index in [2.05, 4.69) is 5.32 Å². The maximum Gasteiger partial charge on any atom is 0.230 e. The first-order valence-corrected chi connectivity index (χ1v) is 6.62. The van der Waals surface area contributed by atoms with E-state index in [1.54, 1.807) is 0 Å². The van der Waals surface area contributed by atoms with E-state index in [4.69, 9.17) is 5.73 Å². The maximum absolute atomic E-state index is 12.4. The van der Waals surface area contributed by atoms with Crippen molar-refractivity contribution in [3.63, 3.8) is 0 Å². The molecule has 1 amide bonds. The molecule has 0 radical (unpaired) electrons. The van der Waals surface area contributed by atoms with Gasteiger partial charge in [-0.15, -0.1) is 0 Å². The normalized spacial score (nSPS) is 17.3. The molecule has 2 rings (SSSR count). The lowest BCUT2D eigenvalue weighted by atomic mass is 9.83. The van der Waals surface area contributed by atoms with Crippen LogP contribution in [0.3, 0.4) is 0 Å². The Hall–Kier alpha value is -1.35. The summed E-state index contributed by atoms with van der Waals surface area (Å²) in [6, 6.07) is 10.0. The molecular weight excluding hydrogens is 224 g/mol. The molecule has 1 fully saturated rings. The highest BCUT2D eigenvalue weighted by Gasteiger charge is 2.36. The second kappa shape index (κ2) is 5.11. The molecule has 1 saturated carbocycles. The summed E-state index contributed by atoms with van der Waals surface area (Å²) in [5, 5.41) is 3.10. The van der Waals surface area contributed by atoms with Crippen LogP contribution in [-0.4, -0.2) is 18.5 Å². The summed E-state index contributed by atoms with van der Waals surface area (Å²) in [5.41, 5.74) is 6.26. The van der Waals surface area contributed by atoms with Gasteiger partial charge in [0.05, 0.1) is 5.41 Å². The lowest BCUT2D eigenvalue weighted by Crippen LogP contribution is -2.48. The van der Waals surface area contributed by atoms with Crippen molar-refractivity contribution in [3.05, 3.63) is 35.9 Å². The molecule has 1 atom stereocenters. The van der Waals surface area contributed by atoms with Gasteiger partial charge < -0.3 is 11.1 Å². The summed E-state index contributed by atoms with van der Waals surface area (Å²) < 4.78 is 0. The minimum Gasteiger partial charge on any atom is -0.351 e. The quantitative estimate of drug-likeness (QED) is 0.832. The first-order chi connectivity index (χ1) is 8.55. The summed E-state index contributed by atoms with van der Waals surface area (Å²) in [6.07, 6.45) is 2.38. The van der Waals surface area contributed by atoms with Crippen molar-refractivity contribution in [3.8, 4) is 0 Å². The Labute approximate surface area is 109 Å². The predicted octanol–water partition coefficient (Wildman–Crippen LogP) is 1.82. The smallest absolute Gasteiger partial charge is 0.230 e. The number of nitrogens with two attached hydrogens (primary N) is 1. The zero-order chi connectivity index (χ0) is 13.2. The number of carbonyl (C=O) groups excluding carboxylic acids is 1. The van der Waals surface area contributed by atoms with Crippen molar-refractivity contribution in [2.75, 3.05) is 6.54 Å². The Morgan fingerprint density at radius 1 is 1.39 bits per heavy atom. The van der Waals surface area contributed by atoms with Crippen molar-refractivity contribution < 1.29 is 4.79 Å². The average molecular weight is 246 g/mol. The van der Waals surface area contributed by atoms with Crippen molar-refractivity contribution in [1.82, 2.24) is 5.32 Å². The van der Waals surface area contributed by atoms with E-state index in [-0.39, 0.29) is 11.9 Å². The molecule has 98 valence electrons. The molecule has 0 aliphatic heterocycles. The van der Waals surface area contributed by atoms with E-state index >= 15 is 0 Å². The van der Waals surface area contributed by atoms with Gasteiger partial charge in [-0.2, -0.15) is 0 Å². The second-order valence-electron chi connectivity index (χ2n) is 5.64. The minimum atomic E-state index is -0.510. The summed E-state index contributed by atoms with van der Waals surface area (Å²) in [6.45, 7) is 4.44. The number of hydrogen-bond acceptors (Lipinski definition) is 2. The Morgan fingerprint density at radius 3 is 2.50 bits per heavy atom. The molecule has 3 N–H and O–H groups in total. The van der Waals surface area contributed by atoms with Gasteiger partial charge in [-0.25, -0.2) is 0 Å². The third kappa shape index (κ3) is 2.72. The molecule has 1 aliphatic carbocycles. The highest BCUT2D eigenvalue weighted by molar-refractivity contribution is 5.87. The molecule has 0 saturated heterocycles. The van der Waals surface area contributed by atoms with Gasteiger partial charge in [0.15, 0.2) is 0 Å². The van der Waals surface area contributed by atoms with Crippen molar-refractivity contribution in [1.29, 1.82) is 0 Å². The first kappa shape index (κ1) is 13.1. The van der Waals surface area contributed by atoms with E-state index in [1.807, 2.05) is 44.2 Å². The van der Waals surface area contributed by atoms with E-state index < -0.39 is 5.41 Å². The zero-order valence-electron chi connectivity index (χ0n) is 11.1. The molecule has 3 nitrogen and oxygen atoms in total. The SMILES string of the molecule is CC(C)(C(=O)NC(CN)C1CC1)c1ccccc1. The van der Waals surface area contributed by atoms with Crippen LogP contribution in [0.4, 0.5) is 0 Å². The Balaban J connectivity index is 2.07. The van der Waals surface area contributed by atoms with Crippen molar-refractivity contribution >= 4 is 5.91 Å². The molecule has 0 bridgehead atoms. The molecule has 1 unspecified atom stereocenters. The lowest BCUT2D eigenvalue weighted by Gasteiger charge is -2.27. The number of hydrogen-bond donors (Lipinski definition) is 2. The fourth-order valence-corrected chi connectivity index (χ4v) is 2.20. The van der Waals surface area contributed by atoms with Crippen LogP contribution in [0.15, 0.2) is 30.3 Å². The van der Waals surface area contributed by atoms with E-state index in [9.17, 15) is 4.79 Å². The minimum absolute atomic E-state index is 0.0658. The molecule has 1 aromatic rings. The van der Waals surface area contributed by atoms with Crippen LogP contribution in [0.5, 0.6) is 0 Å². The number of amides is 1. The third-order valence-electron chi connectivity index (χ3n) is 3.82. The average Bonchev–Trinajstić information content (AvgIpc) is 3.21. The predicted molar refractivity (Wildman–Crippen MR) is 73.2 cm³/mol. The van der Waals surface area contributed by atoms with E-state index in [0.717, 1.165) is 5.56 Å². The summed E-state index contributed by atoms with van der Waals surface area (Å²) in [5.74, 6) is 0.654. The monoisotopic (exact) mass is 246 g/mol. The summed E-state index contributed by atoms with van der Waals surface area (Å²) in [4.78, 5) is 12.4. The molecule has 0 aromatic heterocycles. The van der Waals surface area contributed by atoms with Crippen LogP contribution in [-0.2, 0) is 10.2 Å². The van der Waals surface area contributed by atoms with E-state index in [0.29, 0.717) is 12.5 Å². The van der Waals surface area contributed by atoms with E-state index in [1.165, 1.54) is 12.8 Å². The van der Waals surface area contributed by atoms with Gasteiger partial charge in [0, 0.05) is 12.6 Å².